The van der Waals surface area contributed by atoms with Crippen molar-refractivity contribution in [3.8, 4) is 0 Å². The van der Waals surface area contributed by atoms with Gasteiger partial charge in [0.05, 0.1) is 5.52 Å². The molecule has 2 aromatic rings. The van der Waals surface area contributed by atoms with E-state index >= 15 is 0 Å². The number of piperidine rings is 1. The maximum atomic E-state index is 13.1. The van der Waals surface area contributed by atoms with Crippen LogP contribution in [0.2, 0.25) is 0 Å². The molecule has 0 spiro atoms. The number of pyridine rings is 1. The molecule has 0 saturated carbocycles. The van der Waals surface area contributed by atoms with Crippen LogP contribution in [0.5, 0.6) is 0 Å². The SMILES string of the molecule is CC(=O)N1CC(Nc2ccnc3ccccc23)CCC1C(F)(F)F. The number of carbonyl (C=O) groups is 1. The van der Waals surface area contributed by atoms with E-state index in [0.29, 0.717) is 6.42 Å². The van der Waals surface area contributed by atoms with E-state index in [-0.39, 0.29) is 19.0 Å². The zero-order chi connectivity index (χ0) is 17.3. The van der Waals surface area contributed by atoms with Gasteiger partial charge in [-0.05, 0) is 25.0 Å². The zero-order valence-corrected chi connectivity index (χ0v) is 13.2. The molecule has 1 saturated heterocycles. The predicted molar refractivity (Wildman–Crippen MR) is 85.6 cm³/mol. The number of aromatic nitrogens is 1. The number of benzene rings is 1. The molecule has 24 heavy (non-hydrogen) atoms. The van der Waals surface area contributed by atoms with E-state index in [1.807, 2.05) is 24.3 Å². The molecule has 128 valence electrons. The Morgan fingerprint density at radius 3 is 2.71 bits per heavy atom. The van der Waals surface area contributed by atoms with Crippen molar-refractivity contribution >= 4 is 22.5 Å². The van der Waals surface area contributed by atoms with Gasteiger partial charge < -0.3 is 10.2 Å². The lowest BCUT2D eigenvalue weighted by atomic mass is 9.97. The van der Waals surface area contributed by atoms with Gasteiger partial charge in [0, 0.05) is 36.8 Å². The van der Waals surface area contributed by atoms with Gasteiger partial charge in [-0.3, -0.25) is 9.78 Å². The summed E-state index contributed by atoms with van der Waals surface area (Å²) in [4.78, 5) is 16.8. The molecule has 1 fully saturated rings. The molecule has 2 heterocycles. The number of nitrogens with zero attached hydrogens (tertiary/aromatic N) is 2. The van der Waals surface area contributed by atoms with Gasteiger partial charge in [-0.1, -0.05) is 18.2 Å². The fraction of sp³-hybridized carbons (Fsp3) is 0.412. The number of nitrogens with one attached hydrogen (secondary N) is 1. The van der Waals surface area contributed by atoms with Crippen LogP contribution in [0.15, 0.2) is 36.5 Å². The van der Waals surface area contributed by atoms with Crippen LogP contribution in [0.25, 0.3) is 10.9 Å². The number of hydrogen-bond donors (Lipinski definition) is 1. The second-order valence-electron chi connectivity index (χ2n) is 6.02. The lowest BCUT2D eigenvalue weighted by Crippen LogP contribution is -2.55. The van der Waals surface area contributed by atoms with Gasteiger partial charge in [-0.15, -0.1) is 0 Å². The molecule has 2 atom stereocenters. The molecule has 1 N–H and O–H groups in total. The van der Waals surface area contributed by atoms with Crippen LogP contribution in [0, 0.1) is 0 Å². The van der Waals surface area contributed by atoms with Gasteiger partial charge in [0.1, 0.15) is 6.04 Å². The summed E-state index contributed by atoms with van der Waals surface area (Å²) in [5.41, 5.74) is 1.63. The Kier molecular flexibility index (Phi) is 4.34. The summed E-state index contributed by atoms with van der Waals surface area (Å²) in [6.45, 7) is 1.22. The average Bonchev–Trinajstić information content (AvgIpc) is 2.54. The van der Waals surface area contributed by atoms with Crippen LogP contribution >= 0.6 is 0 Å². The van der Waals surface area contributed by atoms with E-state index in [1.54, 1.807) is 12.3 Å². The number of likely N-dealkylation sites (tertiary alicyclic amines) is 1. The first kappa shape index (κ1) is 16.5. The number of fused-ring (bicyclic) bond motifs is 1. The van der Waals surface area contributed by atoms with Crippen molar-refractivity contribution in [3.63, 3.8) is 0 Å². The van der Waals surface area contributed by atoms with E-state index in [1.165, 1.54) is 6.92 Å². The second kappa shape index (κ2) is 6.30. The van der Waals surface area contributed by atoms with E-state index < -0.39 is 18.1 Å². The van der Waals surface area contributed by atoms with Crippen LogP contribution in [-0.4, -0.2) is 40.6 Å². The van der Waals surface area contributed by atoms with E-state index in [0.717, 1.165) is 21.5 Å². The third-order valence-corrected chi connectivity index (χ3v) is 4.37. The Morgan fingerprint density at radius 2 is 2.00 bits per heavy atom. The van der Waals surface area contributed by atoms with Gasteiger partial charge in [-0.25, -0.2) is 0 Å². The van der Waals surface area contributed by atoms with Crippen LogP contribution in [-0.2, 0) is 4.79 Å². The van der Waals surface area contributed by atoms with Crippen LogP contribution in [0.3, 0.4) is 0 Å². The van der Waals surface area contributed by atoms with Crippen LogP contribution < -0.4 is 5.32 Å². The first-order valence-electron chi connectivity index (χ1n) is 7.80. The van der Waals surface area contributed by atoms with Crippen molar-refractivity contribution in [2.24, 2.45) is 0 Å². The fourth-order valence-electron chi connectivity index (χ4n) is 3.22. The number of hydrogen-bond acceptors (Lipinski definition) is 3. The molecule has 0 bridgehead atoms. The molecule has 1 aliphatic heterocycles. The van der Waals surface area contributed by atoms with E-state index in [2.05, 4.69) is 10.3 Å². The molecule has 2 unspecified atom stereocenters. The average molecular weight is 337 g/mol. The summed E-state index contributed by atoms with van der Waals surface area (Å²) in [6.07, 6.45) is -2.47. The lowest BCUT2D eigenvalue weighted by molar-refractivity contribution is -0.195. The highest BCUT2D eigenvalue weighted by Gasteiger charge is 2.47. The van der Waals surface area contributed by atoms with E-state index in [9.17, 15) is 18.0 Å². The molecule has 0 radical (unpaired) electrons. The summed E-state index contributed by atoms with van der Waals surface area (Å²) >= 11 is 0. The minimum absolute atomic E-state index is 0.0379. The van der Waals surface area contributed by atoms with Crippen molar-refractivity contribution in [3.05, 3.63) is 36.5 Å². The molecule has 1 aromatic heterocycles. The predicted octanol–water partition coefficient (Wildman–Crippen LogP) is 3.59. The first-order chi connectivity index (χ1) is 11.4. The number of para-hydroxylation sites is 1. The molecule has 0 aliphatic carbocycles. The first-order valence-corrected chi connectivity index (χ1v) is 7.80. The quantitative estimate of drug-likeness (QED) is 0.911. The fourth-order valence-corrected chi connectivity index (χ4v) is 3.22. The highest BCUT2D eigenvalue weighted by Crippen LogP contribution is 2.33. The maximum Gasteiger partial charge on any atom is 0.408 e. The normalized spacial score (nSPS) is 21.8. The van der Waals surface area contributed by atoms with Crippen molar-refractivity contribution in [1.29, 1.82) is 0 Å². The van der Waals surface area contributed by atoms with E-state index in [4.69, 9.17) is 0 Å². The Balaban J connectivity index is 1.80. The molecule has 7 heteroatoms. The number of halogens is 3. The second-order valence-corrected chi connectivity index (χ2v) is 6.02. The molecular formula is C17H18F3N3O. The number of anilines is 1. The Bertz CT molecular complexity index is 742. The van der Waals surface area contributed by atoms with Crippen LogP contribution in [0.1, 0.15) is 19.8 Å². The maximum absolute atomic E-state index is 13.1. The third-order valence-electron chi connectivity index (χ3n) is 4.37. The van der Waals surface area contributed by atoms with Crippen LogP contribution in [0.4, 0.5) is 18.9 Å². The van der Waals surface area contributed by atoms with Gasteiger partial charge in [0.2, 0.25) is 5.91 Å². The van der Waals surface area contributed by atoms with Gasteiger partial charge in [0.15, 0.2) is 0 Å². The van der Waals surface area contributed by atoms with Crippen molar-refractivity contribution in [2.45, 2.75) is 38.0 Å². The number of alkyl halides is 3. The monoisotopic (exact) mass is 337 g/mol. The Labute approximate surface area is 137 Å². The standard InChI is InChI=1S/C17H18F3N3O/c1-11(24)23-10-12(6-7-16(23)17(18,19)20)22-15-8-9-21-14-5-3-2-4-13(14)15/h2-5,8-9,12,16H,6-7,10H2,1H3,(H,21,22). The summed E-state index contributed by atoms with van der Waals surface area (Å²) in [6, 6.07) is 7.44. The molecule has 1 aliphatic rings. The molecular weight excluding hydrogens is 319 g/mol. The zero-order valence-electron chi connectivity index (χ0n) is 13.2. The number of rotatable bonds is 2. The summed E-state index contributed by atoms with van der Waals surface area (Å²) in [7, 11) is 0. The largest absolute Gasteiger partial charge is 0.408 e. The molecule has 3 rings (SSSR count). The van der Waals surface area contributed by atoms with Crippen molar-refractivity contribution < 1.29 is 18.0 Å². The Morgan fingerprint density at radius 1 is 1.25 bits per heavy atom. The smallest absolute Gasteiger partial charge is 0.380 e. The summed E-state index contributed by atoms with van der Waals surface area (Å²) in [5, 5.41) is 4.19. The highest BCUT2D eigenvalue weighted by molar-refractivity contribution is 5.91. The molecule has 1 amide bonds. The number of carbonyl (C=O) groups excluding carboxylic acids is 1. The topological polar surface area (TPSA) is 45.2 Å². The van der Waals surface area contributed by atoms with Gasteiger partial charge >= 0.3 is 6.18 Å². The van der Waals surface area contributed by atoms with Crippen molar-refractivity contribution in [2.75, 3.05) is 11.9 Å². The molecule has 4 nitrogen and oxygen atoms in total. The Hall–Kier alpha value is -2.31. The van der Waals surface area contributed by atoms with Gasteiger partial charge in [0.25, 0.3) is 0 Å². The lowest BCUT2D eigenvalue weighted by Gasteiger charge is -2.40. The summed E-state index contributed by atoms with van der Waals surface area (Å²) in [5.74, 6) is -0.552. The van der Waals surface area contributed by atoms with Gasteiger partial charge in [-0.2, -0.15) is 13.2 Å². The third kappa shape index (κ3) is 3.29. The molecule has 1 aromatic carbocycles. The minimum atomic E-state index is -4.39. The minimum Gasteiger partial charge on any atom is -0.380 e. The highest BCUT2D eigenvalue weighted by atomic mass is 19.4. The number of amides is 1. The summed E-state index contributed by atoms with van der Waals surface area (Å²) < 4.78 is 39.3. The van der Waals surface area contributed by atoms with Crippen molar-refractivity contribution in [1.82, 2.24) is 9.88 Å².